The summed E-state index contributed by atoms with van der Waals surface area (Å²) in [5.41, 5.74) is -0.297. The Hall–Kier alpha value is -0.820. The van der Waals surface area contributed by atoms with Crippen molar-refractivity contribution in [3.63, 3.8) is 0 Å². The average Bonchev–Trinajstić information content (AvgIpc) is 2.15. The van der Waals surface area contributed by atoms with Gasteiger partial charge in [0.2, 0.25) is 0 Å². The standard InChI is InChI=1S/C10H19NO5S/c1-8(16-17(3,14)15)10(2)4-6-11(7-5-10)9(12)13/h8H,4-7H2,1-3H3,(H,12,13). The fourth-order valence-electron chi connectivity index (χ4n) is 1.99. The van der Waals surface area contributed by atoms with E-state index < -0.39 is 22.3 Å². The summed E-state index contributed by atoms with van der Waals surface area (Å²) in [7, 11) is -3.47. The van der Waals surface area contributed by atoms with Crippen LogP contribution < -0.4 is 0 Å². The molecule has 0 aromatic rings. The van der Waals surface area contributed by atoms with Crippen LogP contribution in [-0.2, 0) is 14.3 Å². The molecule has 0 aromatic carbocycles. The van der Waals surface area contributed by atoms with Crippen molar-refractivity contribution in [2.45, 2.75) is 32.8 Å². The summed E-state index contributed by atoms with van der Waals surface area (Å²) in [5.74, 6) is 0. The van der Waals surface area contributed by atoms with Crippen molar-refractivity contribution >= 4 is 16.2 Å². The third-order valence-corrected chi connectivity index (χ3v) is 4.12. The van der Waals surface area contributed by atoms with Gasteiger partial charge in [0.05, 0.1) is 12.4 Å². The first-order chi connectivity index (χ1) is 7.64. The first-order valence-corrected chi connectivity index (χ1v) is 7.32. The van der Waals surface area contributed by atoms with Gasteiger partial charge in [0, 0.05) is 13.1 Å². The zero-order chi connectivity index (χ0) is 13.3. The maximum Gasteiger partial charge on any atom is 0.407 e. The summed E-state index contributed by atoms with van der Waals surface area (Å²) < 4.78 is 27.1. The number of nitrogens with zero attached hydrogens (tertiary/aromatic N) is 1. The fourth-order valence-corrected chi connectivity index (χ4v) is 2.75. The van der Waals surface area contributed by atoms with Crippen LogP contribution in [0, 0.1) is 5.41 Å². The van der Waals surface area contributed by atoms with E-state index >= 15 is 0 Å². The van der Waals surface area contributed by atoms with Gasteiger partial charge in [-0.15, -0.1) is 0 Å². The van der Waals surface area contributed by atoms with Gasteiger partial charge in [0.15, 0.2) is 0 Å². The summed E-state index contributed by atoms with van der Waals surface area (Å²) in [5, 5.41) is 8.83. The van der Waals surface area contributed by atoms with E-state index in [1.165, 1.54) is 4.90 Å². The second-order valence-electron chi connectivity index (χ2n) is 4.87. The molecule has 0 spiro atoms. The summed E-state index contributed by atoms with van der Waals surface area (Å²) in [6.45, 7) is 4.49. The van der Waals surface area contributed by atoms with E-state index in [9.17, 15) is 13.2 Å². The highest BCUT2D eigenvalue weighted by molar-refractivity contribution is 7.86. The van der Waals surface area contributed by atoms with Gasteiger partial charge in [0.1, 0.15) is 0 Å². The Labute approximate surface area is 102 Å². The third kappa shape index (κ3) is 3.85. The minimum atomic E-state index is -3.47. The Balaban J connectivity index is 2.63. The van der Waals surface area contributed by atoms with Crippen LogP contribution in [0.4, 0.5) is 4.79 Å². The number of carbonyl (C=O) groups is 1. The highest BCUT2D eigenvalue weighted by atomic mass is 32.2. The molecule has 1 saturated heterocycles. The lowest BCUT2D eigenvalue weighted by molar-refractivity contribution is 0.0210. The maximum atomic E-state index is 11.1. The van der Waals surface area contributed by atoms with Crippen molar-refractivity contribution in [3.8, 4) is 0 Å². The molecule has 1 fully saturated rings. The zero-order valence-electron chi connectivity index (χ0n) is 10.3. The van der Waals surface area contributed by atoms with Gasteiger partial charge in [-0.2, -0.15) is 8.42 Å². The molecular formula is C10H19NO5S. The third-order valence-electron chi connectivity index (χ3n) is 3.48. The summed E-state index contributed by atoms with van der Waals surface area (Å²) >= 11 is 0. The minimum Gasteiger partial charge on any atom is -0.465 e. The summed E-state index contributed by atoms with van der Waals surface area (Å²) in [6, 6.07) is 0. The normalized spacial score (nSPS) is 22.2. The van der Waals surface area contributed by atoms with Crippen molar-refractivity contribution < 1.29 is 22.5 Å². The molecule has 100 valence electrons. The molecule has 1 N–H and O–H groups in total. The molecule has 1 aliphatic heterocycles. The predicted octanol–water partition coefficient (Wildman–Crippen LogP) is 1.13. The molecule has 1 amide bonds. The molecule has 0 saturated carbocycles. The van der Waals surface area contributed by atoms with E-state index in [1.807, 2.05) is 6.92 Å². The Bertz CT molecular complexity index is 384. The van der Waals surface area contributed by atoms with Crippen LogP contribution in [0.1, 0.15) is 26.7 Å². The maximum absolute atomic E-state index is 11.1. The zero-order valence-corrected chi connectivity index (χ0v) is 11.2. The van der Waals surface area contributed by atoms with Crippen LogP contribution >= 0.6 is 0 Å². The average molecular weight is 265 g/mol. The Morgan fingerprint density at radius 1 is 1.41 bits per heavy atom. The molecule has 1 atom stereocenters. The van der Waals surface area contributed by atoms with E-state index in [2.05, 4.69) is 0 Å². The molecule has 0 radical (unpaired) electrons. The van der Waals surface area contributed by atoms with Crippen LogP contribution in [-0.4, -0.2) is 50.0 Å². The molecule has 17 heavy (non-hydrogen) atoms. The van der Waals surface area contributed by atoms with Gasteiger partial charge in [0.25, 0.3) is 10.1 Å². The lowest BCUT2D eigenvalue weighted by Gasteiger charge is -2.41. The largest absolute Gasteiger partial charge is 0.465 e. The van der Waals surface area contributed by atoms with Gasteiger partial charge in [-0.3, -0.25) is 4.18 Å². The molecular weight excluding hydrogens is 246 g/mol. The van der Waals surface area contributed by atoms with Gasteiger partial charge in [-0.05, 0) is 25.2 Å². The first-order valence-electron chi connectivity index (χ1n) is 5.50. The number of rotatable bonds is 3. The van der Waals surface area contributed by atoms with E-state index in [-0.39, 0.29) is 5.41 Å². The quantitative estimate of drug-likeness (QED) is 0.773. The highest BCUT2D eigenvalue weighted by Crippen LogP contribution is 2.36. The van der Waals surface area contributed by atoms with Gasteiger partial charge >= 0.3 is 6.09 Å². The predicted molar refractivity (Wildman–Crippen MR) is 62.3 cm³/mol. The molecule has 0 aromatic heterocycles. The second kappa shape index (κ2) is 4.81. The van der Waals surface area contributed by atoms with Crippen LogP contribution in [0.15, 0.2) is 0 Å². The van der Waals surface area contributed by atoms with Crippen molar-refractivity contribution in [2.75, 3.05) is 19.3 Å². The monoisotopic (exact) mass is 265 g/mol. The van der Waals surface area contributed by atoms with Crippen LogP contribution in [0.3, 0.4) is 0 Å². The molecule has 1 unspecified atom stereocenters. The lowest BCUT2D eigenvalue weighted by Crippen LogP contribution is -2.46. The molecule has 0 bridgehead atoms. The van der Waals surface area contributed by atoms with Gasteiger partial charge in [-0.25, -0.2) is 4.79 Å². The number of carboxylic acid groups (broad SMARTS) is 1. The van der Waals surface area contributed by atoms with Crippen LogP contribution in [0.25, 0.3) is 0 Å². The highest BCUT2D eigenvalue weighted by Gasteiger charge is 2.38. The van der Waals surface area contributed by atoms with Crippen molar-refractivity contribution in [1.29, 1.82) is 0 Å². The lowest BCUT2D eigenvalue weighted by atomic mass is 9.76. The molecule has 0 aliphatic carbocycles. The molecule has 7 heteroatoms. The number of likely N-dealkylation sites (tertiary alicyclic amines) is 1. The molecule has 1 heterocycles. The Kier molecular flexibility index (Phi) is 4.03. The molecule has 6 nitrogen and oxygen atoms in total. The van der Waals surface area contributed by atoms with Crippen LogP contribution in [0.5, 0.6) is 0 Å². The van der Waals surface area contributed by atoms with Crippen molar-refractivity contribution in [1.82, 2.24) is 4.90 Å². The minimum absolute atomic E-state index is 0.297. The van der Waals surface area contributed by atoms with Crippen molar-refractivity contribution in [2.24, 2.45) is 5.41 Å². The number of hydrogen-bond donors (Lipinski definition) is 1. The second-order valence-corrected chi connectivity index (χ2v) is 6.47. The van der Waals surface area contributed by atoms with E-state index in [4.69, 9.17) is 9.29 Å². The molecule has 1 aliphatic rings. The van der Waals surface area contributed by atoms with Crippen molar-refractivity contribution in [3.05, 3.63) is 0 Å². The number of piperidine rings is 1. The van der Waals surface area contributed by atoms with E-state index in [0.717, 1.165) is 6.26 Å². The Morgan fingerprint density at radius 2 is 1.88 bits per heavy atom. The van der Waals surface area contributed by atoms with Crippen LogP contribution in [0.2, 0.25) is 0 Å². The summed E-state index contributed by atoms with van der Waals surface area (Å²) in [4.78, 5) is 12.1. The van der Waals surface area contributed by atoms with Gasteiger partial charge < -0.3 is 10.0 Å². The number of hydrogen-bond acceptors (Lipinski definition) is 4. The smallest absolute Gasteiger partial charge is 0.407 e. The number of amides is 1. The summed E-state index contributed by atoms with van der Waals surface area (Å²) in [6.07, 6.45) is 0.878. The van der Waals surface area contributed by atoms with E-state index in [1.54, 1.807) is 6.92 Å². The fraction of sp³-hybridized carbons (Fsp3) is 0.900. The Morgan fingerprint density at radius 3 is 2.24 bits per heavy atom. The topological polar surface area (TPSA) is 83.9 Å². The van der Waals surface area contributed by atoms with E-state index in [0.29, 0.717) is 25.9 Å². The molecule has 1 rings (SSSR count). The first kappa shape index (κ1) is 14.2. The van der Waals surface area contributed by atoms with Gasteiger partial charge in [-0.1, -0.05) is 6.92 Å². The SMILES string of the molecule is CC(OS(C)(=O)=O)C1(C)CCN(C(=O)O)CC1.